The molecule has 0 aromatic heterocycles. The highest BCUT2D eigenvalue weighted by Gasteiger charge is 2.36. The van der Waals surface area contributed by atoms with Gasteiger partial charge in [0.15, 0.2) is 23.0 Å². The van der Waals surface area contributed by atoms with Gasteiger partial charge < -0.3 is 29.2 Å². The van der Waals surface area contributed by atoms with Crippen molar-refractivity contribution in [2.75, 3.05) is 27.1 Å². The van der Waals surface area contributed by atoms with Crippen molar-refractivity contribution in [2.24, 2.45) is 5.92 Å². The van der Waals surface area contributed by atoms with Crippen molar-refractivity contribution in [2.45, 2.75) is 13.0 Å². The van der Waals surface area contributed by atoms with E-state index in [1.165, 1.54) is 0 Å². The highest BCUT2D eigenvalue weighted by Crippen LogP contribution is 2.52. The van der Waals surface area contributed by atoms with Gasteiger partial charge in [-0.25, -0.2) is 0 Å². The molecule has 5 rings (SSSR count). The van der Waals surface area contributed by atoms with Gasteiger partial charge in [0, 0.05) is 17.0 Å². The molecule has 3 aliphatic rings. The molecule has 0 saturated carbocycles. The van der Waals surface area contributed by atoms with Crippen LogP contribution in [0.3, 0.4) is 0 Å². The Morgan fingerprint density at radius 2 is 1.96 bits per heavy atom. The van der Waals surface area contributed by atoms with Gasteiger partial charge in [-0.05, 0) is 46.9 Å². The summed E-state index contributed by atoms with van der Waals surface area (Å²) in [5.74, 6) is 2.53. The fourth-order valence-electron chi connectivity index (χ4n) is 4.35. The lowest BCUT2D eigenvalue weighted by Gasteiger charge is -2.30. The summed E-state index contributed by atoms with van der Waals surface area (Å²) >= 11 is 0. The fraction of sp³-hybridized carbons (Fsp3) is 0.333. The summed E-state index contributed by atoms with van der Waals surface area (Å²) in [4.78, 5) is 0. The molecule has 140 valence electrons. The Hall–Kier alpha value is -2.70. The molecule has 0 saturated heterocycles. The van der Waals surface area contributed by atoms with Crippen LogP contribution in [-0.2, 0) is 13.0 Å². The molecule has 0 unspecified atom stereocenters. The molecule has 27 heavy (non-hydrogen) atoms. The molecule has 0 fully saturated rings. The van der Waals surface area contributed by atoms with Crippen LogP contribution in [0.25, 0.3) is 5.57 Å². The van der Waals surface area contributed by atoms with Crippen molar-refractivity contribution >= 4 is 5.57 Å². The summed E-state index contributed by atoms with van der Waals surface area (Å²) in [6, 6.07) is 7.77. The molecule has 2 aromatic rings. The lowest BCUT2D eigenvalue weighted by atomic mass is 9.75. The van der Waals surface area contributed by atoms with Crippen molar-refractivity contribution < 1.29 is 29.2 Å². The molecule has 1 atom stereocenters. The van der Waals surface area contributed by atoms with E-state index in [-0.39, 0.29) is 25.9 Å². The van der Waals surface area contributed by atoms with Crippen LogP contribution in [0.4, 0.5) is 0 Å². The predicted octanol–water partition coefficient (Wildman–Crippen LogP) is 2.28. The third-order valence-electron chi connectivity index (χ3n) is 5.62. The first-order valence-corrected chi connectivity index (χ1v) is 8.96. The molecule has 6 heteroatoms. The van der Waals surface area contributed by atoms with Crippen molar-refractivity contribution in [3.8, 4) is 23.0 Å². The molecule has 0 radical (unpaired) electrons. The Balaban J connectivity index is 1.86. The number of rotatable bonds is 3. The lowest BCUT2D eigenvalue weighted by molar-refractivity contribution is 0.171. The van der Waals surface area contributed by atoms with Crippen molar-refractivity contribution in [3.05, 3.63) is 52.1 Å². The van der Waals surface area contributed by atoms with Crippen LogP contribution in [-0.4, -0.2) is 37.3 Å². The molecule has 0 amide bonds. The van der Waals surface area contributed by atoms with E-state index in [1.807, 2.05) is 24.3 Å². The second kappa shape index (κ2) is 6.18. The summed E-state index contributed by atoms with van der Waals surface area (Å²) in [5, 5.41) is 20.1. The van der Waals surface area contributed by atoms with Crippen LogP contribution in [0, 0.1) is 5.92 Å². The zero-order valence-corrected chi connectivity index (χ0v) is 14.9. The Morgan fingerprint density at radius 3 is 2.74 bits per heavy atom. The number of aliphatic hydroxyl groups is 2. The van der Waals surface area contributed by atoms with E-state index in [4.69, 9.17) is 18.9 Å². The monoisotopic (exact) mass is 368 g/mol. The summed E-state index contributed by atoms with van der Waals surface area (Å²) in [5.41, 5.74) is 5.54. The summed E-state index contributed by atoms with van der Waals surface area (Å²) in [7, 11) is 1.62. The summed E-state index contributed by atoms with van der Waals surface area (Å²) < 4.78 is 23.0. The molecule has 2 heterocycles. The van der Waals surface area contributed by atoms with E-state index in [0.29, 0.717) is 36.0 Å². The highest BCUT2D eigenvalue weighted by atomic mass is 16.7. The first kappa shape index (κ1) is 16.5. The average molecular weight is 368 g/mol. The second-order valence-electron chi connectivity index (χ2n) is 6.89. The smallest absolute Gasteiger partial charge is 0.231 e. The van der Waals surface area contributed by atoms with Gasteiger partial charge in [0.25, 0.3) is 0 Å². The molecule has 1 aliphatic carbocycles. The van der Waals surface area contributed by atoms with Crippen LogP contribution in [0.5, 0.6) is 23.0 Å². The minimum Gasteiger partial charge on any atom is -0.493 e. The van der Waals surface area contributed by atoms with Crippen molar-refractivity contribution in [1.29, 1.82) is 0 Å². The molecular weight excluding hydrogens is 348 g/mol. The molecule has 2 aliphatic heterocycles. The van der Waals surface area contributed by atoms with Gasteiger partial charge in [-0.15, -0.1) is 0 Å². The molecule has 0 bridgehead atoms. The van der Waals surface area contributed by atoms with E-state index < -0.39 is 0 Å². The number of methoxy groups -OCH3 is 1. The number of hydrogen-bond acceptors (Lipinski definition) is 6. The maximum absolute atomic E-state index is 10.2. The quantitative estimate of drug-likeness (QED) is 0.866. The van der Waals surface area contributed by atoms with E-state index in [1.54, 1.807) is 7.11 Å². The van der Waals surface area contributed by atoms with Crippen LogP contribution >= 0.6 is 0 Å². The zero-order chi connectivity index (χ0) is 18.5. The van der Waals surface area contributed by atoms with Gasteiger partial charge in [-0.1, -0.05) is 6.07 Å². The van der Waals surface area contributed by atoms with Gasteiger partial charge >= 0.3 is 0 Å². The SMILES string of the molecule is COc1ccc2c3c1OCc1c(ccc4c1OCO4)C3=C(CO)[C@H](CO)C2. The van der Waals surface area contributed by atoms with Crippen LogP contribution in [0.2, 0.25) is 0 Å². The topological polar surface area (TPSA) is 77.4 Å². The minimum atomic E-state index is -0.143. The Kier molecular flexibility index (Phi) is 3.77. The number of fused-ring (bicyclic) bond motifs is 4. The number of benzene rings is 2. The van der Waals surface area contributed by atoms with Gasteiger partial charge in [0.05, 0.1) is 20.3 Å². The molecule has 0 spiro atoms. The van der Waals surface area contributed by atoms with Crippen molar-refractivity contribution in [3.63, 3.8) is 0 Å². The van der Waals surface area contributed by atoms with Crippen LogP contribution < -0.4 is 18.9 Å². The minimum absolute atomic E-state index is 0.0268. The number of ether oxygens (including phenoxy) is 4. The second-order valence-corrected chi connectivity index (χ2v) is 6.89. The Labute approximate surface area is 156 Å². The van der Waals surface area contributed by atoms with E-state index in [0.717, 1.165) is 33.4 Å². The van der Waals surface area contributed by atoms with Gasteiger partial charge in [0.1, 0.15) is 6.61 Å². The van der Waals surface area contributed by atoms with E-state index in [2.05, 4.69) is 0 Å². The predicted molar refractivity (Wildman–Crippen MR) is 97.3 cm³/mol. The normalized spacial score (nSPS) is 19.1. The first-order valence-electron chi connectivity index (χ1n) is 8.96. The molecule has 2 aromatic carbocycles. The van der Waals surface area contributed by atoms with E-state index in [9.17, 15) is 10.2 Å². The first-order chi connectivity index (χ1) is 13.3. The summed E-state index contributed by atoms with van der Waals surface area (Å²) in [6.07, 6.45) is 0.644. The zero-order valence-electron chi connectivity index (χ0n) is 14.9. The Bertz CT molecular complexity index is 962. The molecule has 2 N–H and O–H groups in total. The van der Waals surface area contributed by atoms with Crippen LogP contribution in [0.15, 0.2) is 29.8 Å². The highest BCUT2D eigenvalue weighted by molar-refractivity contribution is 5.92. The summed E-state index contributed by atoms with van der Waals surface area (Å²) in [6.45, 7) is 0.324. The average Bonchev–Trinajstić information content (AvgIpc) is 3.12. The molecule has 6 nitrogen and oxygen atoms in total. The third-order valence-corrected chi connectivity index (χ3v) is 5.62. The molecular formula is C21H20O6. The van der Waals surface area contributed by atoms with E-state index >= 15 is 0 Å². The van der Waals surface area contributed by atoms with Gasteiger partial charge in [-0.3, -0.25) is 0 Å². The standard InChI is InChI=1S/C21H20O6/c1-24-16-4-2-11-6-12(7-22)14(8-23)19-13-3-5-17-20(27-10-26-17)15(13)9-25-21(16)18(11)19/h2-5,12,22-23H,6-10H2,1H3/t12-/m0/s1. The maximum atomic E-state index is 10.2. The Morgan fingerprint density at radius 1 is 1.07 bits per heavy atom. The van der Waals surface area contributed by atoms with Crippen LogP contribution in [0.1, 0.15) is 22.3 Å². The lowest BCUT2D eigenvalue weighted by Crippen LogP contribution is -2.22. The maximum Gasteiger partial charge on any atom is 0.231 e. The van der Waals surface area contributed by atoms with Gasteiger partial charge in [0.2, 0.25) is 6.79 Å². The fourth-order valence-corrected chi connectivity index (χ4v) is 4.35. The van der Waals surface area contributed by atoms with Gasteiger partial charge in [-0.2, -0.15) is 0 Å². The largest absolute Gasteiger partial charge is 0.493 e. The van der Waals surface area contributed by atoms with Crippen molar-refractivity contribution in [1.82, 2.24) is 0 Å². The number of hydrogen-bond donors (Lipinski definition) is 2. The number of aliphatic hydroxyl groups excluding tert-OH is 2. The third kappa shape index (κ3) is 2.27.